The zero-order valence-electron chi connectivity index (χ0n) is 10.5. The van der Waals surface area contributed by atoms with Crippen molar-refractivity contribution in [1.29, 1.82) is 0 Å². The highest BCUT2D eigenvalue weighted by Crippen LogP contribution is 2.37. The Kier molecular flexibility index (Phi) is 2.50. The van der Waals surface area contributed by atoms with Crippen molar-refractivity contribution in [2.45, 2.75) is 25.2 Å². The van der Waals surface area contributed by atoms with Crippen molar-refractivity contribution < 1.29 is 9.50 Å². The van der Waals surface area contributed by atoms with Crippen molar-refractivity contribution in [2.24, 2.45) is 0 Å². The van der Waals surface area contributed by atoms with Crippen LogP contribution in [0.5, 0.6) is 5.75 Å². The summed E-state index contributed by atoms with van der Waals surface area (Å²) in [5.41, 5.74) is 0.389. The van der Waals surface area contributed by atoms with Crippen molar-refractivity contribution in [2.75, 3.05) is 0 Å². The summed E-state index contributed by atoms with van der Waals surface area (Å²) in [4.78, 5) is 0.672. The van der Waals surface area contributed by atoms with E-state index in [2.05, 4.69) is 15.3 Å². The van der Waals surface area contributed by atoms with Crippen LogP contribution in [0.15, 0.2) is 18.2 Å². The van der Waals surface area contributed by atoms with Gasteiger partial charge in [0.2, 0.25) is 4.96 Å². The van der Waals surface area contributed by atoms with Crippen LogP contribution in [-0.2, 0) is 0 Å². The molecule has 1 N–H and O–H groups in total. The summed E-state index contributed by atoms with van der Waals surface area (Å²) in [5, 5.41) is 23.1. The molecule has 1 aromatic carbocycles. The van der Waals surface area contributed by atoms with E-state index >= 15 is 0 Å². The van der Waals surface area contributed by atoms with Gasteiger partial charge in [0, 0.05) is 5.92 Å². The van der Waals surface area contributed by atoms with Gasteiger partial charge < -0.3 is 5.11 Å². The minimum absolute atomic E-state index is 0.0153. The third-order valence-electron chi connectivity index (χ3n) is 3.67. The Hall–Kier alpha value is -2.02. The molecule has 1 aliphatic carbocycles. The molecule has 20 heavy (non-hydrogen) atoms. The van der Waals surface area contributed by atoms with Gasteiger partial charge in [-0.15, -0.1) is 10.2 Å². The predicted molar refractivity (Wildman–Crippen MR) is 72.3 cm³/mol. The van der Waals surface area contributed by atoms with Crippen LogP contribution < -0.4 is 0 Å². The van der Waals surface area contributed by atoms with Crippen LogP contribution in [0.25, 0.3) is 15.5 Å². The van der Waals surface area contributed by atoms with E-state index < -0.39 is 5.82 Å². The molecule has 102 valence electrons. The number of fused-ring (bicyclic) bond motifs is 1. The molecule has 0 atom stereocenters. The summed E-state index contributed by atoms with van der Waals surface area (Å²) in [6.45, 7) is 0. The highest BCUT2D eigenvalue weighted by Gasteiger charge is 2.26. The number of benzene rings is 1. The minimum Gasteiger partial charge on any atom is -0.507 e. The zero-order valence-corrected chi connectivity index (χ0v) is 11.3. The smallest absolute Gasteiger partial charge is 0.234 e. The molecule has 2 heterocycles. The average Bonchev–Trinajstić information content (AvgIpc) is 2.92. The van der Waals surface area contributed by atoms with E-state index in [1.165, 1.54) is 36.0 Å². The van der Waals surface area contributed by atoms with E-state index in [0.717, 1.165) is 18.7 Å². The Bertz CT molecular complexity index is 793. The maximum atomic E-state index is 13.3. The van der Waals surface area contributed by atoms with Gasteiger partial charge in [-0.25, -0.2) is 4.39 Å². The summed E-state index contributed by atoms with van der Waals surface area (Å²) in [6.07, 6.45) is 3.43. The molecule has 7 heteroatoms. The summed E-state index contributed by atoms with van der Waals surface area (Å²) in [7, 11) is 0. The molecular weight excluding hydrogens is 279 g/mol. The van der Waals surface area contributed by atoms with E-state index in [0.29, 0.717) is 21.4 Å². The van der Waals surface area contributed by atoms with E-state index in [1.54, 1.807) is 4.52 Å². The summed E-state index contributed by atoms with van der Waals surface area (Å²) in [6, 6.07) is 3.84. The minimum atomic E-state index is -0.400. The number of aromatic hydroxyl groups is 1. The maximum absolute atomic E-state index is 13.3. The molecule has 1 fully saturated rings. The van der Waals surface area contributed by atoms with Crippen molar-refractivity contribution in [3.8, 4) is 16.3 Å². The van der Waals surface area contributed by atoms with Crippen LogP contribution in [0.3, 0.4) is 0 Å². The monoisotopic (exact) mass is 290 g/mol. The molecule has 0 saturated heterocycles. The van der Waals surface area contributed by atoms with Gasteiger partial charge in [-0.1, -0.05) is 17.8 Å². The van der Waals surface area contributed by atoms with Gasteiger partial charge in [0.05, 0.1) is 5.56 Å². The van der Waals surface area contributed by atoms with Crippen molar-refractivity contribution >= 4 is 16.3 Å². The lowest BCUT2D eigenvalue weighted by Gasteiger charge is -2.22. The fraction of sp³-hybridized carbons (Fsp3) is 0.308. The standard InChI is InChI=1S/C13H11FN4OS/c14-8-4-5-10(19)9(6-8)12-17-18-11(7-2-1-3-7)15-16-13(18)20-12/h4-7,19H,1-3H2. The van der Waals surface area contributed by atoms with Crippen LogP contribution in [0.2, 0.25) is 0 Å². The Morgan fingerprint density at radius 3 is 2.90 bits per heavy atom. The first-order valence-corrected chi connectivity index (χ1v) is 7.25. The van der Waals surface area contributed by atoms with E-state index in [-0.39, 0.29) is 5.75 Å². The largest absolute Gasteiger partial charge is 0.507 e. The molecule has 5 nitrogen and oxygen atoms in total. The Morgan fingerprint density at radius 1 is 1.30 bits per heavy atom. The van der Waals surface area contributed by atoms with Crippen LogP contribution in [0, 0.1) is 5.82 Å². The van der Waals surface area contributed by atoms with Crippen LogP contribution in [0.4, 0.5) is 4.39 Å². The molecule has 1 saturated carbocycles. The number of halogens is 1. The van der Waals surface area contributed by atoms with Gasteiger partial charge in [0.25, 0.3) is 0 Å². The Balaban J connectivity index is 1.84. The van der Waals surface area contributed by atoms with E-state index in [4.69, 9.17) is 0 Å². The average molecular weight is 290 g/mol. The topological polar surface area (TPSA) is 63.3 Å². The third kappa shape index (κ3) is 1.70. The highest BCUT2D eigenvalue weighted by molar-refractivity contribution is 7.19. The molecule has 0 amide bonds. The molecule has 4 rings (SSSR count). The number of rotatable bonds is 2. The van der Waals surface area contributed by atoms with Gasteiger partial charge in [0.15, 0.2) is 10.8 Å². The fourth-order valence-corrected chi connectivity index (χ4v) is 3.21. The number of nitrogens with zero attached hydrogens (tertiary/aromatic N) is 4. The summed E-state index contributed by atoms with van der Waals surface area (Å²) in [5.74, 6) is 0.898. The number of hydrogen-bond donors (Lipinski definition) is 1. The van der Waals surface area contributed by atoms with E-state index in [1.807, 2.05) is 0 Å². The zero-order chi connectivity index (χ0) is 13.7. The van der Waals surface area contributed by atoms with Gasteiger partial charge in [-0.3, -0.25) is 0 Å². The SMILES string of the molecule is Oc1ccc(F)cc1-c1nn2c(C3CCC3)nnc2s1. The molecule has 0 radical (unpaired) electrons. The summed E-state index contributed by atoms with van der Waals surface area (Å²) < 4.78 is 15.0. The fourth-order valence-electron chi connectivity index (χ4n) is 2.34. The first-order chi connectivity index (χ1) is 9.72. The molecule has 1 aliphatic rings. The number of phenols is 1. The highest BCUT2D eigenvalue weighted by atomic mass is 32.1. The van der Waals surface area contributed by atoms with Gasteiger partial charge in [0.1, 0.15) is 11.6 Å². The van der Waals surface area contributed by atoms with Gasteiger partial charge >= 0.3 is 0 Å². The number of aromatic nitrogens is 4. The Labute approximate surface area is 117 Å². The van der Waals surface area contributed by atoms with Crippen LogP contribution in [-0.4, -0.2) is 24.9 Å². The molecular formula is C13H11FN4OS. The first kappa shape index (κ1) is 11.8. The molecule has 0 spiro atoms. The quantitative estimate of drug-likeness (QED) is 0.788. The second-order valence-corrected chi connectivity index (χ2v) is 5.91. The van der Waals surface area contributed by atoms with Crippen molar-refractivity contribution in [1.82, 2.24) is 19.8 Å². The first-order valence-electron chi connectivity index (χ1n) is 6.43. The molecule has 2 aromatic heterocycles. The van der Waals surface area contributed by atoms with Gasteiger partial charge in [-0.2, -0.15) is 9.61 Å². The second kappa shape index (κ2) is 4.24. The molecule has 0 aliphatic heterocycles. The molecule has 0 unspecified atom stereocenters. The second-order valence-electron chi connectivity index (χ2n) is 4.95. The van der Waals surface area contributed by atoms with Crippen LogP contribution in [0.1, 0.15) is 31.0 Å². The number of phenolic OH excluding ortho intramolecular Hbond substituents is 1. The summed E-state index contributed by atoms with van der Waals surface area (Å²) >= 11 is 1.30. The predicted octanol–water partition coefficient (Wildman–Crippen LogP) is 2.97. The van der Waals surface area contributed by atoms with Crippen molar-refractivity contribution in [3.05, 3.63) is 29.8 Å². The lowest BCUT2D eigenvalue weighted by atomic mass is 9.85. The molecule has 0 bridgehead atoms. The van der Waals surface area contributed by atoms with Gasteiger partial charge in [-0.05, 0) is 31.0 Å². The lowest BCUT2D eigenvalue weighted by Crippen LogP contribution is -2.12. The van der Waals surface area contributed by atoms with Crippen molar-refractivity contribution in [3.63, 3.8) is 0 Å². The Morgan fingerprint density at radius 2 is 2.15 bits per heavy atom. The van der Waals surface area contributed by atoms with Crippen LogP contribution >= 0.6 is 11.3 Å². The molecule has 3 aromatic rings. The maximum Gasteiger partial charge on any atom is 0.234 e. The third-order valence-corrected chi connectivity index (χ3v) is 4.61. The van der Waals surface area contributed by atoms with E-state index in [9.17, 15) is 9.50 Å². The normalized spacial score (nSPS) is 15.7. The number of hydrogen-bond acceptors (Lipinski definition) is 5. The lowest BCUT2D eigenvalue weighted by molar-refractivity contribution is 0.395.